The van der Waals surface area contributed by atoms with Crippen LogP contribution in [0.5, 0.6) is 0 Å². The van der Waals surface area contributed by atoms with Gasteiger partial charge in [0.05, 0.1) is 6.61 Å². The fourth-order valence-corrected chi connectivity index (χ4v) is 2.24. The van der Waals surface area contributed by atoms with Gasteiger partial charge in [-0.2, -0.15) is 0 Å². The Kier molecular flexibility index (Phi) is 7.82. The van der Waals surface area contributed by atoms with E-state index in [1.54, 1.807) is 0 Å². The predicted molar refractivity (Wildman–Crippen MR) is 86.3 cm³/mol. The zero-order valence-electron chi connectivity index (χ0n) is 13.6. The summed E-state index contributed by atoms with van der Waals surface area (Å²) in [5.74, 6) is 0.589. The fraction of sp³-hybridized carbons (Fsp3) is 0.647. The molecule has 3 nitrogen and oxygen atoms in total. The first-order chi connectivity index (χ1) is 9.58. The third-order valence-electron chi connectivity index (χ3n) is 3.67. The molecular weight excluding hydrogens is 248 g/mol. The number of nitrogens with zero attached hydrogens (tertiary/aromatic N) is 1. The van der Waals surface area contributed by atoms with Gasteiger partial charge in [-0.3, -0.25) is 0 Å². The molecule has 1 unspecified atom stereocenters. The average Bonchev–Trinajstić information content (AvgIpc) is 2.45. The average molecular weight is 278 g/mol. The van der Waals surface area contributed by atoms with Crippen LogP contribution < -0.4 is 5.32 Å². The van der Waals surface area contributed by atoms with Crippen molar-refractivity contribution < 1.29 is 4.74 Å². The van der Waals surface area contributed by atoms with Crippen molar-refractivity contribution >= 4 is 0 Å². The summed E-state index contributed by atoms with van der Waals surface area (Å²) in [5.41, 5.74) is 2.74. The Labute approximate surface area is 124 Å². The van der Waals surface area contributed by atoms with Crippen LogP contribution in [-0.2, 0) is 4.74 Å². The first-order valence-corrected chi connectivity index (χ1v) is 7.61. The molecule has 0 bridgehead atoms. The Hall–Kier alpha value is -0.900. The Morgan fingerprint density at radius 2 is 1.75 bits per heavy atom. The van der Waals surface area contributed by atoms with E-state index in [0.29, 0.717) is 12.0 Å². The van der Waals surface area contributed by atoms with E-state index in [9.17, 15) is 0 Å². The topological polar surface area (TPSA) is 24.5 Å². The number of ether oxygens (including phenoxy) is 1. The highest BCUT2D eigenvalue weighted by molar-refractivity contribution is 5.27. The molecule has 20 heavy (non-hydrogen) atoms. The highest BCUT2D eigenvalue weighted by Crippen LogP contribution is 2.19. The summed E-state index contributed by atoms with van der Waals surface area (Å²) in [7, 11) is 4.17. The Morgan fingerprint density at radius 1 is 1.15 bits per heavy atom. The van der Waals surface area contributed by atoms with Gasteiger partial charge in [0.15, 0.2) is 0 Å². The van der Waals surface area contributed by atoms with E-state index >= 15 is 0 Å². The Bertz CT molecular complexity index is 362. The molecule has 0 aliphatic heterocycles. The van der Waals surface area contributed by atoms with Crippen LogP contribution in [0.4, 0.5) is 0 Å². The molecule has 1 aromatic rings. The van der Waals surface area contributed by atoms with Gasteiger partial charge in [0, 0.05) is 25.7 Å². The van der Waals surface area contributed by atoms with Gasteiger partial charge in [0.1, 0.15) is 0 Å². The lowest BCUT2D eigenvalue weighted by Gasteiger charge is -2.24. The second-order valence-corrected chi connectivity index (χ2v) is 5.62. The fourth-order valence-electron chi connectivity index (χ4n) is 2.24. The van der Waals surface area contributed by atoms with E-state index in [-0.39, 0.29) is 0 Å². The molecular formula is C17H30N2O. The van der Waals surface area contributed by atoms with E-state index in [1.807, 2.05) is 14.0 Å². The largest absolute Gasteiger partial charge is 0.380 e. The number of benzene rings is 1. The first kappa shape index (κ1) is 17.2. The second kappa shape index (κ2) is 9.11. The molecule has 1 rings (SSSR count). The molecule has 0 heterocycles. The van der Waals surface area contributed by atoms with E-state index in [4.69, 9.17) is 4.74 Å². The molecule has 114 valence electrons. The van der Waals surface area contributed by atoms with Crippen LogP contribution in [0.1, 0.15) is 43.9 Å². The Morgan fingerprint density at radius 3 is 2.25 bits per heavy atom. The van der Waals surface area contributed by atoms with Gasteiger partial charge < -0.3 is 15.0 Å². The normalized spacial score (nSPS) is 13.2. The molecule has 0 saturated carbocycles. The van der Waals surface area contributed by atoms with Gasteiger partial charge in [0.25, 0.3) is 0 Å². The molecule has 0 aromatic heterocycles. The minimum absolute atomic E-state index is 0.364. The summed E-state index contributed by atoms with van der Waals surface area (Å²) in [4.78, 5) is 2.31. The Balaban J connectivity index is 2.56. The maximum absolute atomic E-state index is 5.41. The minimum atomic E-state index is 0.364. The van der Waals surface area contributed by atoms with Gasteiger partial charge in [-0.1, -0.05) is 38.1 Å². The maximum Gasteiger partial charge on any atom is 0.0593 e. The molecule has 3 heteroatoms. The lowest BCUT2D eigenvalue weighted by Crippen LogP contribution is -2.33. The summed E-state index contributed by atoms with van der Waals surface area (Å²) < 4.78 is 5.41. The summed E-state index contributed by atoms with van der Waals surface area (Å²) in [6.45, 7) is 10.0. The van der Waals surface area contributed by atoms with Gasteiger partial charge in [0.2, 0.25) is 0 Å². The van der Waals surface area contributed by atoms with Gasteiger partial charge >= 0.3 is 0 Å². The second-order valence-electron chi connectivity index (χ2n) is 5.62. The lowest BCUT2D eigenvalue weighted by atomic mass is 9.99. The molecule has 0 spiro atoms. The van der Waals surface area contributed by atoms with Gasteiger partial charge in [-0.25, -0.2) is 0 Å². The van der Waals surface area contributed by atoms with E-state index < -0.39 is 0 Å². The number of nitrogens with one attached hydrogen (secondary N) is 1. The summed E-state index contributed by atoms with van der Waals surface area (Å²) in [6.07, 6.45) is 0. The molecule has 1 atom stereocenters. The van der Waals surface area contributed by atoms with Crippen molar-refractivity contribution in [2.75, 3.05) is 40.4 Å². The van der Waals surface area contributed by atoms with E-state index in [1.165, 1.54) is 11.1 Å². The molecule has 0 saturated heterocycles. The van der Waals surface area contributed by atoms with Crippen molar-refractivity contribution in [3.8, 4) is 0 Å². The van der Waals surface area contributed by atoms with Crippen molar-refractivity contribution in [2.45, 2.75) is 32.7 Å². The monoisotopic (exact) mass is 278 g/mol. The molecule has 0 radical (unpaired) electrons. The lowest BCUT2D eigenvalue weighted by molar-refractivity contribution is 0.119. The summed E-state index contributed by atoms with van der Waals surface area (Å²) in [5, 5.41) is 3.41. The zero-order chi connectivity index (χ0) is 15.0. The smallest absolute Gasteiger partial charge is 0.0593 e. The maximum atomic E-state index is 5.41. The number of likely N-dealkylation sites (N-methyl/N-ethyl adjacent to an activating group) is 2. The quantitative estimate of drug-likeness (QED) is 0.703. The van der Waals surface area contributed by atoms with Crippen LogP contribution in [0.2, 0.25) is 0 Å². The standard InChI is InChI=1S/C17H30N2O/c1-6-20-12-11-19(5)13-17(18-4)16-9-7-15(8-10-16)14(2)3/h7-10,14,17-18H,6,11-13H2,1-5H3. The van der Waals surface area contributed by atoms with Crippen LogP contribution >= 0.6 is 0 Å². The number of hydrogen-bond acceptors (Lipinski definition) is 3. The molecule has 0 amide bonds. The molecule has 0 fully saturated rings. The SMILES string of the molecule is CCOCCN(C)CC(NC)c1ccc(C(C)C)cc1. The first-order valence-electron chi connectivity index (χ1n) is 7.61. The summed E-state index contributed by atoms with van der Waals surface area (Å²) >= 11 is 0. The van der Waals surface area contributed by atoms with Crippen LogP contribution in [-0.4, -0.2) is 45.3 Å². The molecule has 1 N–H and O–H groups in total. The molecule has 0 aliphatic rings. The zero-order valence-corrected chi connectivity index (χ0v) is 13.6. The van der Waals surface area contributed by atoms with Crippen molar-refractivity contribution in [1.29, 1.82) is 0 Å². The summed E-state index contributed by atoms with van der Waals surface area (Å²) in [6, 6.07) is 9.33. The van der Waals surface area contributed by atoms with Crippen LogP contribution in [0.15, 0.2) is 24.3 Å². The molecule has 0 aliphatic carbocycles. The van der Waals surface area contributed by atoms with Crippen molar-refractivity contribution in [1.82, 2.24) is 10.2 Å². The third kappa shape index (κ3) is 5.61. The van der Waals surface area contributed by atoms with Crippen molar-refractivity contribution in [2.24, 2.45) is 0 Å². The highest BCUT2D eigenvalue weighted by Gasteiger charge is 2.12. The number of hydrogen-bond donors (Lipinski definition) is 1. The highest BCUT2D eigenvalue weighted by atomic mass is 16.5. The van der Waals surface area contributed by atoms with Crippen LogP contribution in [0.3, 0.4) is 0 Å². The van der Waals surface area contributed by atoms with Crippen LogP contribution in [0.25, 0.3) is 0 Å². The van der Waals surface area contributed by atoms with Gasteiger partial charge in [-0.05, 0) is 38.1 Å². The van der Waals surface area contributed by atoms with E-state index in [0.717, 1.165) is 26.3 Å². The van der Waals surface area contributed by atoms with Crippen molar-refractivity contribution in [3.63, 3.8) is 0 Å². The van der Waals surface area contributed by atoms with Crippen LogP contribution in [0, 0.1) is 0 Å². The third-order valence-corrected chi connectivity index (χ3v) is 3.67. The number of rotatable bonds is 9. The molecule has 1 aromatic carbocycles. The minimum Gasteiger partial charge on any atom is -0.380 e. The predicted octanol–water partition coefficient (Wildman–Crippen LogP) is 3.04. The van der Waals surface area contributed by atoms with E-state index in [2.05, 4.69) is 55.4 Å². The van der Waals surface area contributed by atoms with Gasteiger partial charge in [-0.15, -0.1) is 0 Å². The van der Waals surface area contributed by atoms with Crippen molar-refractivity contribution in [3.05, 3.63) is 35.4 Å².